The predicted molar refractivity (Wildman–Crippen MR) is 124 cm³/mol. The highest BCUT2D eigenvalue weighted by molar-refractivity contribution is 6.30. The highest BCUT2D eigenvalue weighted by Crippen LogP contribution is 2.43. The average molecular weight is 488 g/mol. The minimum atomic E-state index is -4.51. The molecule has 0 saturated carbocycles. The van der Waals surface area contributed by atoms with Crippen LogP contribution >= 0.6 is 11.6 Å². The van der Waals surface area contributed by atoms with Crippen LogP contribution in [0, 0.1) is 0 Å². The Kier molecular flexibility index (Phi) is 6.93. The molecule has 1 aromatic heterocycles. The van der Waals surface area contributed by atoms with Crippen LogP contribution in [0.1, 0.15) is 58.6 Å². The van der Waals surface area contributed by atoms with Crippen LogP contribution in [0.3, 0.4) is 0 Å². The van der Waals surface area contributed by atoms with Crippen molar-refractivity contribution in [2.75, 3.05) is 0 Å². The van der Waals surface area contributed by atoms with Gasteiger partial charge in [-0.25, -0.2) is 9.78 Å². The number of benzene rings is 2. The first-order chi connectivity index (χ1) is 16.2. The smallest absolute Gasteiger partial charge is 0.416 e. The molecule has 2 aromatic carbocycles. The van der Waals surface area contributed by atoms with E-state index < -0.39 is 17.7 Å². The number of carboxylic acid groups (broad SMARTS) is 1. The summed E-state index contributed by atoms with van der Waals surface area (Å²) >= 11 is 5.92. The summed E-state index contributed by atoms with van der Waals surface area (Å²) in [4.78, 5) is 15.6. The third-order valence-corrected chi connectivity index (χ3v) is 5.94. The number of rotatable bonds is 6. The van der Waals surface area contributed by atoms with E-state index in [0.717, 1.165) is 36.1 Å². The van der Waals surface area contributed by atoms with Crippen LogP contribution in [0.15, 0.2) is 60.7 Å². The Morgan fingerprint density at radius 2 is 1.71 bits per heavy atom. The van der Waals surface area contributed by atoms with E-state index >= 15 is 0 Å². The summed E-state index contributed by atoms with van der Waals surface area (Å²) in [6.07, 6.45) is -1.77. The largest absolute Gasteiger partial charge is 0.488 e. The van der Waals surface area contributed by atoms with Crippen molar-refractivity contribution in [3.05, 3.63) is 93.8 Å². The first kappa shape index (κ1) is 23.8. The number of carboxylic acids is 1. The number of carbonyl (C=O) groups is 1. The molecule has 34 heavy (non-hydrogen) atoms. The number of halogens is 4. The summed E-state index contributed by atoms with van der Waals surface area (Å²) in [5.74, 6) is -0.836. The molecule has 0 fully saturated rings. The van der Waals surface area contributed by atoms with E-state index in [9.17, 15) is 23.1 Å². The lowest BCUT2D eigenvalue weighted by Gasteiger charge is -2.23. The van der Waals surface area contributed by atoms with Gasteiger partial charge in [0.25, 0.3) is 0 Å². The molecular formula is C26H21ClF3NO3. The van der Waals surface area contributed by atoms with Gasteiger partial charge in [-0.15, -0.1) is 0 Å². The summed E-state index contributed by atoms with van der Waals surface area (Å²) in [7, 11) is 0. The Morgan fingerprint density at radius 1 is 1.00 bits per heavy atom. The number of nitrogens with zero attached hydrogens (tertiary/aromatic N) is 1. The van der Waals surface area contributed by atoms with Crippen LogP contribution < -0.4 is 4.74 Å². The van der Waals surface area contributed by atoms with Crippen LogP contribution in [0.25, 0.3) is 11.1 Å². The van der Waals surface area contributed by atoms with E-state index in [4.69, 9.17) is 16.3 Å². The van der Waals surface area contributed by atoms with E-state index in [1.54, 1.807) is 36.4 Å². The Bertz CT molecular complexity index is 1240. The van der Waals surface area contributed by atoms with Gasteiger partial charge in [-0.3, -0.25) is 0 Å². The molecule has 0 amide bonds. The maximum absolute atomic E-state index is 13.6. The van der Waals surface area contributed by atoms with Crippen molar-refractivity contribution in [3.63, 3.8) is 0 Å². The predicted octanol–water partition coefficient (Wildman–Crippen LogP) is 7.52. The lowest BCUT2D eigenvalue weighted by atomic mass is 9.84. The number of aromatic nitrogens is 1. The zero-order valence-electron chi connectivity index (χ0n) is 18.0. The maximum Gasteiger partial charge on any atom is 0.416 e. The topological polar surface area (TPSA) is 59.4 Å². The first-order valence-electron chi connectivity index (χ1n) is 10.7. The van der Waals surface area contributed by atoms with Crippen molar-refractivity contribution >= 4 is 28.7 Å². The molecule has 0 spiro atoms. The molecule has 0 bridgehead atoms. The average Bonchev–Trinajstić information content (AvgIpc) is 2.83. The number of hydrogen-bond donors (Lipinski definition) is 1. The molecule has 0 atom stereocenters. The molecule has 0 saturated heterocycles. The van der Waals surface area contributed by atoms with Gasteiger partial charge in [0.1, 0.15) is 18.1 Å². The van der Waals surface area contributed by atoms with Gasteiger partial charge in [0.2, 0.25) is 0 Å². The Balaban J connectivity index is 1.80. The normalized spacial score (nSPS) is 14.2. The number of alkyl halides is 3. The van der Waals surface area contributed by atoms with E-state index in [0.29, 0.717) is 40.4 Å². The number of hydrogen-bond acceptors (Lipinski definition) is 3. The van der Waals surface area contributed by atoms with Gasteiger partial charge in [-0.1, -0.05) is 29.8 Å². The lowest BCUT2D eigenvalue weighted by molar-refractivity contribution is -0.137. The molecule has 4 nitrogen and oxygen atoms in total. The SMILES string of the molecule is O=C(O)c1cccc(C2=C(c3cc(C(F)(F)F)ccc3OCc3ccc(Cl)cc3)CCCC2)n1. The second-order valence-electron chi connectivity index (χ2n) is 8.00. The number of allylic oxidation sites excluding steroid dienone is 2. The molecule has 176 valence electrons. The third-order valence-electron chi connectivity index (χ3n) is 5.68. The van der Waals surface area contributed by atoms with E-state index in [-0.39, 0.29) is 12.3 Å². The summed E-state index contributed by atoms with van der Waals surface area (Å²) in [6, 6.07) is 15.1. The fourth-order valence-electron chi connectivity index (χ4n) is 4.02. The van der Waals surface area contributed by atoms with E-state index in [2.05, 4.69) is 4.98 Å². The van der Waals surface area contributed by atoms with Crippen molar-refractivity contribution in [2.24, 2.45) is 0 Å². The van der Waals surface area contributed by atoms with Crippen molar-refractivity contribution in [1.29, 1.82) is 0 Å². The summed E-state index contributed by atoms with van der Waals surface area (Å²) in [5, 5.41) is 9.90. The third kappa shape index (κ3) is 5.42. The summed E-state index contributed by atoms with van der Waals surface area (Å²) in [6.45, 7) is 0.158. The number of ether oxygens (including phenoxy) is 1. The standard InChI is InChI=1S/C26H21ClF3NO3/c27-18-11-8-16(9-12-18)15-34-24-13-10-17(26(28,29)30)14-21(24)19-4-1-2-5-20(19)22-6-3-7-23(31-22)25(32)33/h3,6-14H,1-2,4-5,15H2,(H,32,33). The first-order valence-corrected chi connectivity index (χ1v) is 11.1. The summed E-state index contributed by atoms with van der Waals surface area (Å²) < 4.78 is 46.7. The fraction of sp³-hybridized carbons (Fsp3) is 0.231. The Labute approximate surface area is 199 Å². The van der Waals surface area contributed by atoms with Gasteiger partial charge >= 0.3 is 12.1 Å². The molecule has 0 radical (unpaired) electrons. The zero-order valence-corrected chi connectivity index (χ0v) is 18.8. The van der Waals surface area contributed by atoms with Gasteiger partial charge < -0.3 is 9.84 Å². The second kappa shape index (κ2) is 9.89. The minimum Gasteiger partial charge on any atom is -0.488 e. The molecule has 4 rings (SSSR count). The van der Waals surface area contributed by atoms with Crippen molar-refractivity contribution in [2.45, 2.75) is 38.5 Å². The quantitative estimate of drug-likeness (QED) is 0.390. The molecule has 0 aliphatic heterocycles. The van der Waals surface area contributed by atoms with Gasteiger partial charge in [0, 0.05) is 10.6 Å². The zero-order chi connectivity index (χ0) is 24.3. The van der Waals surface area contributed by atoms with Gasteiger partial charge in [0.15, 0.2) is 0 Å². The van der Waals surface area contributed by atoms with Crippen LogP contribution in [0.5, 0.6) is 5.75 Å². The monoisotopic (exact) mass is 487 g/mol. The summed E-state index contributed by atoms with van der Waals surface area (Å²) in [5.41, 5.74) is 2.17. The lowest BCUT2D eigenvalue weighted by Crippen LogP contribution is -2.09. The second-order valence-corrected chi connectivity index (χ2v) is 8.44. The van der Waals surface area contributed by atoms with Gasteiger partial charge in [-0.2, -0.15) is 13.2 Å². The molecule has 0 unspecified atom stereocenters. The van der Waals surface area contributed by atoms with Crippen LogP contribution in [-0.2, 0) is 12.8 Å². The van der Waals surface area contributed by atoms with E-state index in [1.807, 2.05) is 0 Å². The Hall–Kier alpha value is -3.32. The highest BCUT2D eigenvalue weighted by atomic mass is 35.5. The van der Waals surface area contributed by atoms with Crippen LogP contribution in [0.4, 0.5) is 13.2 Å². The fourth-order valence-corrected chi connectivity index (χ4v) is 4.14. The minimum absolute atomic E-state index is 0.113. The number of pyridine rings is 1. The Morgan fingerprint density at radius 3 is 2.38 bits per heavy atom. The van der Waals surface area contributed by atoms with Gasteiger partial charge in [0.05, 0.1) is 11.3 Å². The molecule has 1 N–H and O–H groups in total. The van der Waals surface area contributed by atoms with E-state index in [1.165, 1.54) is 12.1 Å². The molecule has 1 heterocycles. The molecule has 8 heteroatoms. The molecule has 1 aliphatic carbocycles. The van der Waals surface area contributed by atoms with Gasteiger partial charge in [-0.05, 0) is 84.9 Å². The number of aromatic carboxylic acids is 1. The van der Waals surface area contributed by atoms with Crippen molar-refractivity contribution < 1.29 is 27.8 Å². The highest BCUT2D eigenvalue weighted by Gasteiger charge is 2.32. The molecule has 1 aliphatic rings. The van der Waals surface area contributed by atoms with Crippen LogP contribution in [0.2, 0.25) is 5.02 Å². The van der Waals surface area contributed by atoms with Crippen molar-refractivity contribution in [1.82, 2.24) is 4.98 Å². The molecular weight excluding hydrogens is 467 g/mol. The molecule has 3 aromatic rings. The van der Waals surface area contributed by atoms with Crippen LogP contribution in [-0.4, -0.2) is 16.1 Å². The van der Waals surface area contributed by atoms with Crippen molar-refractivity contribution in [3.8, 4) is 5.75 Å². The maximum atomic E-state index is 13.6.